The van der Waals surface area contributed by atoms with Gasteiger partial charge in [0.2, 0.25) is 0 Å². The standard InChI is InChI=1S/C15H20N2O/c1-2-11-3-5-12(6-4-11)15(18)17-9-13-7-8-16-14(13)10-17/h3-6,13-14,16H,2,7-10H2,1H3/t13-,14+/m0/s1. The number of rotatable bonds is 2. The summed E-state index contributed by atoms with van der Waals surface area (Å²) in [7, 11) is 0. The predicted molar refractivity (Wildman–Crippen MR) is 71.6 cm³/mol. The molecule has 0 bridgehead atoms. The van der Waals surface area contributed by atoms with Gasteiger partial charge >= 0.3 is 0 Å². The van der Waals surface area contributed by atoms with Gasteiger partial charge in [0.25, 0.3) is 5.91 Å². The maximum Gasteiger partial charge on any atom is 0.253 e. The molecule has 1 N–H and O–H groups in total. The number of amides is 1. The van der Waals surface area contributed by atoms with Gasteiger partial charge < -0.3 is 10.2 Å². The molecule has 3 heteroatoms. The number of likely N-dealkylation sites (tertiary alicyclic amines) is 1. The second-order valence-corrected chi connectivity index (χ2v) is 5.37. The average Bonchev–Trinajstić information content (AvgIpc) is 2.99. The lowest BCUT2D eigenvalue weighted by molar-refractivity contribution is 0.0782. The Morgan fingerprint density at radius 2 is 2.11 bits per heavy atom. The fraction of sp³-hybridized carbons (Fsp3) is 0.533. The first kappa shape index (κ1) is 11.7. The molecule has 2 saturated heterocycles. The third kappa shape index (κ3) is 2.03. The monoisotopic (exact) mass is 244 g/mol. The molecule has 96 valence electrons. The topological polar surface area (TPSA) is 32.3 Å². The molecule has 2 aliphatic heterocycles. The molecule has 2 fully saturated rings. The molecule has 0 aromatic heterocycles. The zero-order valence-electron chi connectivity index (χ0n) is 10.9. The van der Waals surface area contributed by atoms with Crippen LogP contribution in [0.1, 0.15) is 29.3 Å². The summed E-state index contributed by atoms with van der Waals surface area (Å²) in [5, 5.41) is 3.48. The summed E-state index contributed by atoms with van der Waals surface area (Å²) in [6.45, 7) is 5.04. The van der Waals surface area contributed by atoms with E-state index in [-0.39, 0.29) is 5.91 Å². The first-order valence-corrected chi connectivity index (χ1v) is 6.89. The van der Waals surface area contributed by atoms with Gasteiger partial charge in [-0.25, -0.2) is 0 Å². The average molecular weight is 244 g/mol. The SMILES string of the molecule is CCc1ccc(C(=O)N2C[C@@H]3CCN[C@@H]3C2)cc1. The number of nitrogens with zero attached hydrogens (tertiary/aromatic N) is 1. The van der Waals surface area contributed by atoms with E-state index in [1.165, 1.54) is 12.0 Å². The highest BCUT2D eigenvalue weighted by molar-refractivity contribution is 5.94. The Labute approximate surface area is 108 Å². The number of hydrogen-bond donors (Lipinski definition) is 1. The molecule has 0 aliphatic carbocycles. The summed E-state index contributed by atoms with van der Waals surface area (Å²) in [4.78, 5) is 14.4. The lowest BCUT2D eigenvalue weighted by Crippen LogP contribution is -2.33. The van der Waals surface area contributed by atoms with Gasteiger partial charge in [-0.15, -0.1) is 0 Å². The van der Waals surface area contributed by atoms with E-state index in [0.717, 1.165) is 31.6 Å². The lowest BCUT2D eigenvalue weighted by Gasteiger charge is -2.17. The Kier molecular flexibility index (Phi) is 3.08. The Morgan fingerprint density at radius 3 is 2.78 bits per heavy atom. The van der Waals surface area contributed by atoms with Crippen molar-refractivity contribution in [2.24, 2.45) is 5.92 Å². The van der Waals surface area contributed by atoms with Crippen LogP contribution in [0.4, 0.5) is 0 Å². The smallest absolute Gasteiger partial charge is 0.253 e. The minimum Gasteiger partial charge on any atom is -0.337 e. The summed E-state index contributed by atoms with van der Waals surface area (Å²) < 4.78 is 0. The van der Waals surface area contributed by atoms with Crippen LogP contribution in [0.3, 0.4) is 0 Å². The van der Waals surface area contributed by atoms with E-state index in [2.05, 4.69) is 24.4 Å². The number of nitrogens with one attached hydrogen (secondary N) is 1. The Hall–Kier alpha value is -1.35. The second kappa shape index (κ2) is 4.73. The molecule has 2 heterocycles. The fourth-order valence-corrected chi connectivity index (χ4v) is 3.08. The predicted octanol–water partition coefficient (Wildman–Crippen LogP) is 1.68. The normalized spacial score (nSPS) is 26.4. The van der Waals surface area contributed by atoms with Gasteiger partial charge in [0, 0.05) is 24.7 Å². The highest BCUT2D eigenvalue weighted by atomic mass is 16.2. The summed E-state index contributed by atoms with van der Waals surface area (Å²) in [5.74, 6) is 0.859. The lowest BCUT2D eigenvalue weighted by atomic mass is 10.1. The summed E-state index contributed by atoms with van der Waals surface area (Å²) in [6, 6.07) is 8.57. The molecule has 0 spiro atoms. The Balaban J connectivity index is 1.70. The third-order valence-electron chi connectivity index (χ3n) is 4.26. The Bertz CT molecular complexity index is 428. The van der Waals surface area contributed by atoms with Crippen LogP contribution < -0.4 is 5.32 Å². The molecule has 0 radical (unpaired) electrons. The van der Waals surface area contributed by atoms with Crippen molar-refractivity contribution < 1.29 is 4.79 Å². The number of carbonyl (C=O) groups is 1. The van der Waals surface area contributed by atoms with E-state index >= 15 is 0 Å². The van der Waals surface area contributed by atoms with Crippen molar-refractivity contribution in [3.63, 3.8) is 0 Å². The second-order valence-electron chi connectivity index (χ2n) is 5.37. The molecule has 1 aromatic rings. The molecule has 3 rings (SSSR count). The minimum absolute atomic E-state index is 0.189. The first-order chi connectivity index (χ1) is 8.78. The van der Waals surface area contributed by atoms with Gasteiger partial charge in [-0.3, -0.25) is 4.79 Å². The van der Waals surface area contributed by atoms with E-state index in [4.69, 9.17) is 0 Å². The molecule has 1 aromatic carbocycles. The number of benzene rings is 1. The van der Waals surface area contributed by atoms with Gasteiger partial charge in [0.15, 0.2) is 0 Å². The van der Waals surface area contributed by atoms with Gasteiger partial charge in [0.05, 0.1) is 0 Å². The van der Waals surface area contributed by atoms with E-state index in [1.54, 1.807) is 0 Å². The van der Waals surface area contributed by atoms with Crippen LogP contribution in [0, 0.1) is 5.92 Å². The molecule has 1 amide bonds. The van der Waals surface area contributed by atoms with Gasteiger partial charge in [-0.1, -0.05) is 19.1 Å². The van der Waals surface area contributed by atoms with Crippen LogP contribution in [0.25, 0.3) is 0 Å². The molecule has 2 atom stereocenters. The third-order valence-corrected chi connectivity index (χ3v) is 4.26. The maximum atomic E-state index is 12.4. The number of aryl methyl sites for hydroxylation is 1. The van der Waals surface area contributed by atoms with E-state index in [9.17, 15) is 4.79 Å². The number of fused-ring (bicyclic) bond motifs is 1. The van der Waals surface area contributed by atoms with Crippen molar-refractivity contribution in [3.05, 3.63) is 35.4 Å². The molecule has 0 saturated carbocycles. The van der Waals surface area contributed by atoms with E-state index in [1.807, 2.05) is 17.0 Å². The van der Waals surface area contributed by atoms with E-state index < -0.39 is 0 Å². The van der Waals surface area contributed by atoms with Crippen LogP contribution in [-0.2, 0) is 6.42 Å². The van der Waals surface area contributed by atoms with Crippen LogP contribution in [0.5, 0.6) is 0 Å². The van der Waals surface area contributed by atoms with Crippen LogP contribution in [-0.4, -0.2) is 36.5 Å². The van der Waals surface area contributed by atoms with Crippen molar-refractivity contribution >= 4 is 5.91 Å². The maximum absolute atomic E-state index is 12.4. The highest BCUT2D eigenvalue weighted by Gasteiger charge is 2.37. The molecule has 3 nitrogen and oxygen atoms in total. The molecular formula is C15H20N2O. The molecule has 2 aliphatic rings. The van der Waals surface area contributed by atoms with Gasteiger partial charge in [-0.05, 0) is 43.0 Å². The minimum atomic E-state index is 0.189. The summed E-state index contributed by atoms with van der Waals surface area (Å²) in [6.07, 6.45) is 2.23. The zero-order chi connectivity index (χ0) is 12.5. The van der Waals surface area contributed by atoms with Crippen LogP contribution in [0.15, 0.2) is 24.3 Å². The van der Waals surface area contributed by atoms with Crippen molar-refractivity contribution in [2.75, 3.05) is 19.6 Å². The van der Waals surface area contributed by atoms with Crippen molar-refractivity contribution in [3.8, 4) is 0 Å². The largest absolute Gasteiger partial charge is 0.337 e. The summed E-state index contributed by atoms with van der Waals surface area (Å²) >= 11 is 0. The molecular weight excluding hydrogens is 224 g/mol. The molecule has 0 unspecified atom stereocenters. The first-order valence-electron chi connectivity index (χ1n) is 6.89. The molecule has 18 heavy (non-hydrogen) atoms. The van der Waals surface area contributed by atoms with Crippen molar-refractivity contribution in [1.29, 1.82) is 0 Å². The van der Waals surface area contributed by atoms with Crippen molar-refractivity contribution in [1.82, 2.24) is 10.2 Å². The Morgan fingerprint density at radius 1 is 1.33 bits per heavy atom. The number of carbonyl (C=O) groups excluding carboxylic acids is 1. The van der Waals surface area contributed by atoms with Gasteiger partial charge in [0.1, 0.15) is 0 Å². The fourth-order valence-electron chi connectivity index (χ4n) is 3.08. The van der Waals surface area contributed by atoms with E-state index in [0.29, 0.717) is 12.0 Å². The van der Waals surface area contributed by atoms with Gasteiger partial charge in [-0.2, -0.15) is 0 Å². The van der Waals surface area contributed by atoms with Crippen LogP contribution in [0.2, 0.25) is 0 Å². The zero-order valence-corrected chi connectivity index (χ0v) is 10.9. The quantitative estimate of drug-likeness (QED) is 0.858. The highest BCUT2D eigenvalue weighted by Crippen LogP contribution is 2.25. The number of hydrogen-bond acceptors (Lipinski definition) is 2. The summed E-state index contributed by atoms with van der Waals surface area (Å²) in [5.41, 5.74) is 2.11. The van der Waals surface area contributed by atoms with Crippen LogP contribution >= 0.6 is 0 Å². The van der Waals surface area contributed by atoms with Crippen molar-refractivity contribution in [2.45, 2.75) is 25.8 Å².